The van der Waals surface area contributed by atoms with E-state index in [0.717, 1.165) is 59.7 Å². The third kappa shape index (κ3) is 6.79. The van der Waals surface area contributed by atoms with Crippen LogP contribution in [0.3, 0.4) is 0 Å². The summed E-state index contributed by atoms with van der Waals surface area (Å²) in [4.78, 5) is 21.2. The summed E-state index contributed by atoms with van der Waals surface area (Å²) in [7, 11) is 0. The molecule has 4 aromatic rings. The Kier molecular flexibility index (Phi) is 8.50. The van der Waals surface area contributed by atoms with Gasteiger partial charge in [0.05, 0.1) is 34.9 Å². The summed E-state index contributed by atoms with van der Waals surface area (Å²) in [5.74, 6) is -0.962. The molecule has 5 rings (SSSR count). The number of aromatic nitrogens is 3. The van der Waals surface area contributed by atoms with Crippen LogP contribution in [0.2, 0.25) is 10.0 Å². The molecule has 6 nitrogen and oxygen atoms in total. The Labute approximate surface area is 233 Å². The van der Waals surface area contributed by atoms with E-state index in [4.69, 9.17) is 33.1 Å². The highest BCUT2D eigenvalue weighted by Gasteiger charge is 2.33. The molecule has 1 fully saturated rings. The van der Waals surface area contributed by atoms with E-state index in [1.54, 1.807) is 24.3 Å². The van der Waals surface area contributed by atoms with Crippen LogP contribution < -0.4 is 20.0 Å². The summed E-state index contributed by atoms with van der Waals surface area (Å²) in [5, 5.41) is 9.75. The highest BCUT2D eigenvalue weighted by atomic mass is 35.5. The third-order valence-electron chi connectivity index (χ3n) is 6.44. The smallest absolute Gasteiger partial charge is 0.430 e. The number of carbonyl (C=O) groups is 1. The fourth-order valence-corrected chi connectivity index (χ4v) is 4.79. The number of hydrogen-bond donors (Lipinski definition) is 1. The number of piperidine rings is 1. The van der Waals surface area contributed by atoms with E-state index < -0.39 is 23.9 Å². The van der Waals surface area contributed by atoms with Gasteiger partial charge in [-0.2, -0.15) is 26.3 Å². The summed E-state index contributed by atoms with van der Waals surface area (Å²) in [6, 6.07) is 13.1. The molecule has 0 aliphatic carbocycles. The van der Waals surface area contributed by atoms with Gasteiger partial charge in [0.1, 0.15) is 5.97 Å². The molecular weight excluding hydrogens is 585 g/mol. The average molecular weight is 606 g/mol. The summed E-state index contributed by atoms with van der Waals surface area (Å²) in [5.41, 5.74) is 3.04. The number of benzene rings is 2. The largest absolute Gasteiger partial charge is 0.542 e. The normalized spacial score (nSPS) is 14.7. The molecule has 1 aliphatic rings. The Balaban J connectivity index is 0.000000470. The van der Waals surface area contributed by atoms with E-state index in [2.05, 4.69) is 19.9 Å². The number of H-pyrrole nitrogens is 3. The van der Waals surface area contributed by atoms with Crippen molar-refractivity contribution in [1.29, 1.82) is 0 Å². The number of imidazole rings is 1. The molecule has 2 aromatic carbocycles. The Bertz CT molecular complexity index is 1460. The zero-order valence-electron chi connectivity index (χ0n) is 20.4. The number of nitrogens with one attached hydrogen (secondary N) is 3. The van der Waals surface area contributed by atoms with Crippen LogP contribution >= 0.6 is 23.2 Å². The van der Waals surface area contributed by atoms with Crippen molar-refractivity contribution < 1.29 is 46.2 Å². The molecule has 2 aromatic heterocycles. The zero-order chi connectivity index (χ0) is 29.2. The van der Waals surface area contributed by atoms with Gasteiger partial charge in [0.15, 0.2) is 16.6 Å². The Morgan fingerprint density at radius 3 is 2.15 bits per heavy atom. The van der Waals surface area contributed by atoms with E-state index in [-0.39, 0.29) is 5.92 Å². The van der Waals surface area contributed by atoms with Crippen molar-refractivity contribution in [2.75, 3.05) is 18.0 Å². The minimum absolute atomic E-state index is 0.236. The van der Waals surface area contributed by atoms with Crippen LogP contribution in [0.4, 0.5) is 32.2 Å². The van der Waals surface area contributed by atoms with Crippen molar-refractivity contribution in [1.82, 2.24) is 4.98 Å². The topological polar surface area (TPSA) is 87.4 Å². The first-order chi connectivity index (χ1) is 18.7. The molecule has 1 saturated heterocycles. The van der Waals surface area contributed by atoms with Gasteiger partial charge in [0.2, 0.25) is 0 Å². The third-order valence-corrected chi connectivity index (χ3v) is 7.16. The first kappa shape index (κ1) is 29.5. The molecule has 0 radical (unpaired) electrons. The van der Waals surface area contributed by atoms with Gasteiger partial charge < -0.3 is 9.90 Å². The number of pyridine rings is 1. The van der Waals surface area contributed by atoms with Gasteiger partial charge in [0, 0.05) is 12.1 Å². The lowest BCUT2D eigenvalue weighted by Gasteiger charge is -2.28. The number of nitrogens with zero attached hydrogens (tertiary/aromatic N) is 1. The van der Waals surface area contributed by atoms with Crippen LogP contribution in [-0.4, -0.2) is 30.2 Å². The summed E-state index contributed by atoms with van der Waals surface area (Å²) in [6.45, 7) is 1.58. The van der Waals surface area contributed by atoms with E-state index >= 15 is 0 Å². The fraction of sp³-hybridized carbons (Fsp3) is 0.269. The van der Waals surface area contributed by atoms with E-state index in [1.165, 1.54) is 12.1 Å². The quantitative estimate of drug-likeness (QED) is 0.314. The SMILES string of the molecule is FC(F)(F)c1ccc(C2CCN(c3[nH+]cccc3-c3[nH]c4cc(Cl)c(Cl)cc4[nH+]3)CC2)cc1.O=C([O-])C(F)(F)F. The number of rotatable bonds is 3. The Hall–Kier alpha value is -3.51. The molecule has 3 N–H and O–H groups in total. The number of carboxylic acid groups (broad SMARTS) is 1. The lowest BCUT2D eigenvalue weighted by atomic mass is 9.89. The van der Waals surface area contributed by atoms with Crippen LogP contribution in [0, 0.1) is 0 Å². The molecule has 0 spiro atoms. The number of aromatic amines is 3. The van der Waals surface area contributed by atoms with Gasteiger partial charge in [0.25, 0.3) is 11.6 Å². The predicted octanol–water partition coefficient (Wildman–Crippen LogP) is 5.47. The first-order valence-corrected chi connectivity index (χ1v) is 12.6. The minimum Gasteiger partial charge on any atom is -0.542 e. The molecule has 1 aliphatic heterocycles. The first-order valence-electron chi connectivity index (χ1n) is 11.9. The summed E-state index contributed by atoms with van der Waals surface area (Å²) >= 11 is 12.3. The van der Waals surface area contributed by atoms with E-state index in [0.29, 0.717) is 10.0 Å². The molecule has 0 unspecified atom stereocenters. The minimum atomic E-state index is -5.19. The molecular formula is C26H21Cl2F6N4O2+. The number of fused-ring (bicyclic) bond motifs is 1. The van der Waals surface area contributed by atoms with E-state index in [9.17, 15) is 26.3 Å². The maximum Gasteiger partial charge on any atom is 0.430 e. The van der Waals surface area contributed by atoms with Crippen molar-refractivity contribution in [3.63, 3.8) is 0 Å². The number of hydrogen-bond acceptors (Lipinski definition) is 3. The van der Waals surface area contributed by atoms with Crippen LogP contribution in [0.25, 0.3) is 22.4 Å². The number of carbonyl (C=O) groups excluding carboxylic acids is 1. The van der Waals surface area contributed by atoms with Crippen LogP contribution in [0.5, 0.6) is 0 Å². The van der Waals surface area contributed by atoms with Crippen molar-refractivity contribution in [2.45, 2.75) is 31.1 Å². The maximum absolute atomic E-state index is 12.9. The molecule has 3 heterocycles. The number of anilines is 1. The van der Waals surface area contributed by atoms with Gasteiger partial charge in [-0.05, 0) is 48.6 Å². The average Bonchev–Trinajstić information content (AvgIpc) is 3.31. The number of carboxylic acids is 1. The molecule has 212 valence electrons. The summed E-state index contributed by atoms with van der Waals surface area (Å²) < 4.78 is 70.1. The zero-order valence-corrected chi connectivity index (χ0v) is 21.9. The summed E-state index contributed by atoms with van der Waals surface area (Å²) in [6.07, 6.45) is -5.90. The van der Waals surface area contributed by atoms with Gasteiger partial charge >= 0.3 is 12.4 Å². The number of alkyl halides is 6. The fourth-order valence-electron chi connectivity index (χ4n) is 4.46. The molecule has 14 heteroatoms. The molecule has 0 atom stereocenters. The second-order valence-corrected chi connectivity index (χ2v) is 9.85. The van der Waals surface area contributed by atoms with Crippen molar-refractivity contribution in [3.05, 3.63) is 75.9 Å². The maximum atomic E-state index is 12.9. The molecule has 0 bridgehead atoms. The van der Waals surface area contributed by atoms with Crippen LogP contribution in [0.1, 0.15) is 29.9 Å². The van der Waals surface area contributed by atoms with E-state index in [1.807, 2.05) is 18.3 Å². The predicted molar refractivity (Wildman–Crippen MR) is 134 cm³/mol. The van der Waals surface area contributed by atoms with Gasteiger partial charge in [-0.15, -0.1) is 0 Å². The molecule has 0 saturated carbocycles. The van der Waals surface area contributed by atoms with Crippen LogP contribution in [0.15, 0.2) is 54.7 Å². The Morgan fingerprint density at radius 1 is 0.975 bits per heavy atom. The lowest BCUT2D eigenvalue weighted by molar-refractivity contribution is -0.365. The lowest BCUT2D eigenvalue weighted by Crippen LogP contribution is -2.37. The standard InChI is InChI=1S/C24H19Cl2F3N4.C2HF3O2/c25-18-12-20-21(13-19(18)26)32-22(31-20)17-2-1-9-30-23(17)33-10-7-15(8-11-33)14-3-5-16(6-4-14)24(27,28)29;3-2(4,5)1(6)7/h1-6,9,12-13,15H,7-8,10-11H2,(H,31,32);(H,6,7)/p+1. The van der Waals surface area contributed by atoms with Crippen molar-refractivity contribution in [2.24, 2.45) is 0 Å². The monoisotopic (exact) mass is 605 g/mol. The second kappa shape index (κ2) is 11.5. The van der Waals surface area contributed by atoms with Crippen LogP contribution in [-0.2, 0) is 11.0 Å². The molecule has 40 heavy (non-hydrogen) atoms. The van der Waals surface area contributed by atoms with Crippen molar-refractivity contribution in [3.8, 4) is 11.4 Å². The second-order valence-electron chi connectivity index (χ2n) is 9.04. The number of halogens is 8. The van der Waals surface area contributed by atoms with Gasteiger partial charge in [-0.3, -0.25) is 4.90 Å². The number of aliphatic carboxylic acids is 1. The van der Waals surface area contributed by atoms with Crippen molar-refractivity contribution >= 4 is 46.0 Å². The highest BCUT2D eigenvalue weighted by Crippen LogP contribution is 2.35. The highest BCUT2D eigenvalue weighted by molar-refractivity contribution is 6.42. The van der Waals surface area contributed by atoms with Gasteiger partial charge in [-0.25, -0.2) is 15.0 Å². The molecule has 0 amide bonds. The van der Waals surface area contributed by atoms with Gasteiger partial charge in [-0.1, -0.05) is 35.3 Å². The Morgan fingerprint density at radius 2 is 1.57 bits per heavy atom.